The number of hydrogen-bond donors (Lipinski definition) is 1. The number of tetrazole rings is 1. The molecule has 0 saturated carbocycles. The zero-order valence-corrected chi connectivity index (χ0v) is 17.1. The molecule has 2 aromatic heterocycles. The lowest BCUT2D eigenvalue weighted by Gasteiger charge is -2.12. The third-order valence-electron chi connectivity index (χ3n) is 4.11. The minimum Gasteiger partial charge on any atom is -0.352 e. The van der Waals surface area contributed by atoms with Crippen molar-refractivity contribution in [2.24, 2.45) is 5.92 Å². The largest absolute Gasteiger partial charge is 0.352 e. The van der Waals surface area contributed by atoms with Crippen LogP contribution in [-0.4, -0.2) is 53.7 Å². The molecule has 1 N–H and O–H groups in total. The molecule has 0 aliphatic heterocycles. The first-order valence-electron chi connectivity index (χ1n) is 9.16. The van der Waals surface area contributed by atoms with Crippen LogP contribution in [0.5, 0.6) is 0 Å². The monoisotopic (exact) mass is 400 g/mol. The average molecular weight is 401 g/mol. The number of aryl methyl sites for hydroxylation is 1. The van der Waals surface area contributed by atoms with Gasteiger partial charge in [0.25, 0.3) is 5.91 Å². The third-order valence-corrected chi connectivity index (χ3v) is 4.78. The number of thioether (sulfide) groups is 1. The van der Waals surface area contributed by atoms with Gasteiger partial charge in [0.2, 0.25) is 0 Å². The van der Waals surface area contributed by atoms with Gasteiger partial charge in [-0.25, -0.2) is 4.68 Å². The van der Waals surface area contributed by atoms with Gasteiger partial charge in [-0.1, -0.05) is 31.7 Å². The quantitative estimate of drug-likeness (QED) is 0.433. The summed E-state index contributed by atoms with van der Waals surface area (Å²) in [6.45, 7) is 5.82. The molecule has 3 aromatic rings. The average Bonchev–Trinajstić information content (AvgIpc) is 3.35. The van der Waals surface area contributed by atoms with Gasteiger partial charge in [-0.15, -0.1) is 15.3 Å². The summed E-state index contributed by atoms with van der Waals surface area (Å²) in [4.78, 5) is 12.4. The second kappa shape index (κ2) is 9.45. The van der Waals surface area contributed by atoms with E-state index in [1.165, 1.54) is 11.0 Å². The van der Waals surface area contributed by atoms with E-state index in [1.807, 2.05) is 18.4 Å². The number of nitrogens with zero attached hydrogens (tertiary/aromatic N) is 7. The third kappa shape index (κ3) is 4.94. The topological polar surface area (TPSA) is 103 Å². The molecule has 148 valence electrons. The van der Waals surface area contributed by atoms with E-state index in [2.05, 4.69) is 49.5 Å². The number of amides is 1. The predicted octanol–water partition coefficient (Wildman–Crippen LogP) is 1.99. The van der Waals surface area contributed by atoms with Crippen molar-refractivity contribution in [1.29, 1.82) is 0 Å². The molecule has 2 heterocycles. The van der Waals surface area contributed by atoms with Crippen LogP contribution in [-0.2, 0) is 13.0 Å². The molecule has 0 aliphatic carbocycles. The van der Waals surface area contributed by atoms with Crippen molar-refractivity contribution in [2.45, 2.75) is 38.4 Å². The summed E-state index contributed by atoms with van der Waals surface area (Å²) >= 11 is 1.60. The van der Waals surface area contributed by atoms with Gasteiger partial charge in [0, 0.05) is 25.1 Å². The summed E-state index contributed by atoms with van der Waals surface area (Å²) in [5.41, 5.74) is 1.31. The van der Waals surface area contributed by atoms with E-state index in [9.17, 15) is 4.79 Å². The first-order chi connectivity index (χ1) is 13.6. The van der Waals surface area contributed by atoms with Crippen molar-refractivity contribution in [3.8, 4) is 5.69 Å². The van der Waals surface area contributed by atoms with Crippen LogP contribution in [0.25, 0.3) is 5.69 Å². The lowest BCUT2D eigenvalue weighted by molar-refractivity contribution is 0.0953. The molecule has 0 bridgehead atoms. The fourth-order valence-electron chi connectivity index (χ4n) is 2.82. The van der Waals surface area contributed by atoms with E-state index >= 15 is 0 Å². The molecule has 0 aliphatic rings. The molecule has 1 aromatic carbocycles. The molecule has 0 spiro atoms. The van der Waals surface area contributed by atoms with Crippen LogP contribution < -0.4 is 5.32 Å². The fraction of sp³-hybridized carbons (Fsp3) is 0.444. The zero-order chi connectivity index (χ0) is 19.9. The maximum Gasteiger partial charge on any atom is 0.251 e. The summed E-state index contributed by atoms with van der Waals surface area (Å²) < 4.78 is 3.69. The molecule has 9 nitrogen and oxygen atoms in total. The summed E-state index contributed by atoms with van der Waals surface area (Å²) in [5, 5.41) is 23.5. The van der Waals surface area contributed by atoms with E-state index < -0.39 is 0 Å². The van der Waals surface area contributed by atoms with Crippen LogP contribution >= 0.6 is 11.8 Å². The van der Waals surface area contributed by atoms with Crippen molar-refractivity contribution in [1.82, 2.24) is 40.3 Å². The Labute approximate surface area is 167 Å². The summed E-state index contributed by atoms with van der Waals surface area (Å²) in [6, 6.07) is 7.19. The molecule has 1 amide bonds. The van der Waals surface area contributed by atoms with Crippen molar-refractivity contribution in [3.05, 3.63) is 42.0 Å². The van der Waals surface area contributed by atoms with E-state index in [-0.39, 0.29) is 5.91 Å². The van der Waals surface area contributed by atoms with Gasteiger partial charge < -0.3 is 9.88 Å². The fourth-order valence-corrected chi connectivity index (χ4v) is 3.35. The lowest BCUT2D eigenvalue weighted by Crippen LogP contribution is -2.25. The first kappa shape index (κ1) is 20.0. The highest BCUT2D eigenvalue weighted by Crippen LogP contribution is 2.16. The molecule has 28 heavy (non-hydrogen) atoms. The molecular formula is C18H24N8OS. The minimum absolute atomic E-state index is 0.122. The van der Waals surface area contributed by atoms with Gasteiger partial charge in [-0.3, -0.25) is 4.79 Å². The maximum absolute atomic E-state index is 12.4. The Bertz CT molecular complexity index is 906. The lowest BCUT2D eigenvalue weighted by atomic mass is 10.2. The van der Waals surface area contributed by atoms with Crippen LogP contribution in [0.3, 0.4) is 0 Å². The Morgan fingerprint density at radius 2 is 2.14 bits per heavy atom. The Morgan fingerprint density at radius 1 is 1.29 bits per heavy atom. The summed E-state index contributed by atoms with van der Waals surface area (Å²) in [5.74, 6) is 1.36. The van der Waals surface area contributed by atoms with Crippen LogP contribution in [0.15, 0.2) is 35.7 Å². The Kier molecular flexibility index (Phi) is 6.75. The SMILES string of the molecule is CSc1nnc(CCCNC(=O)c2cccc(-n3cnnn3)c2)n1CC(C)C. The van der Waals surface area contributed by atoms with Crippen molar-refractivity contribution >= 4 is 17.7 Å². The van der Waals surface area contributed by atoms with Crippen LogP contribution in [0.4, 0.5) is 0 Å². The number of aromatic nitrogens is 7. The van der Waals surface area contributed by atoms with Crippen molar-refractivity contribution < 1.29 is 4.79 Å². The van der Waals surface area contributed by atoms with Gasteiger partial charge in [0.05, 0.1) is 5.69 Å². The number of benzene rings is 1. The summed E-state index contributed by atoms with van der Waals surface area (Å²) in [6.07, 6.45) is 5.07. The van der Waals surface area contributed by atoms with E-state index in [1.54, 1.807) is 23.9 Å². The second-order valence-electron chi connectivity index (χ2n) is 6.77. The molecule has 0 saturated heterocycles. The number of nitrogens with one attached hydrogen (secondary N) is 1. The highest BCUT2D eigenvalue weighted by molar-refractivity contribution is 7.98. The van der Waals surface area contributed by atoms with Gasteiger partial charge >= 0.3 is 0 Å². The van der Waals surface area contributed by atoms with E-state index in [0.717, 1.165) is 36.1 Å². The van der Waals surface area contributed by atoms with Crippen LogP contribution in [0.1, 0.15) is 36.5 Å². The van der Waals surface area contributed by atoms with E-state index in [4.69, 9.17) is 0 Å². The molecule has 0 radical (unpaired) electrons. The Hall–Kier alpha value is -2.75. The molecule has 0 unspecified atom stereocenters. The second-order valence-corrected chi connectivity index (χ2v) is 7.54. The van der Waals surface area contributed by atoms with Gasteiger partial charge in [0.15, 0.2) is 5.16 Å². The van der Waals surface area contributed by atoms with Gasteiger partial charge in [0.1, 0.15) is 12.2 Å². The number of rotatable bonds is 9. The number of carbonyl (C=O) groups is 1. The highest BCUT2D eigenvalue weighted by atomic mass is 32.2. The van der Waals surface area contributed by atoms with Crippen LogP contribution in [0, 0.1) is 5.92 Å². The molecule has 10 heteroatoms. The minimum atomic E-state index is -0.122. The smallest absolute Gasteiger partial charge is 0.251 e. The maximum atomic E-state index is 12.4. The van der Waals surface area contributed by atoms with Crippen molar-refractivity contribution in [3.63, 3.8) is 0 Å². The van der Waals surface area contributed by atoms with Gasteiger partial charge in [-0.05, 0) is 47.2 Å². The first-order valence-corrected chi connectivity index (χ1v) is 10.4. The normalized spacial score (nSPS) is 11.1. The molecular weight excluding hydrogens is 376 g/mol. The molecule has 3 rings (SSSR count). The summed E-state index contributed by atoms with van der Waals surface area (Å²) in [7, 11) is 0. The van der Waals surface area contributed by atoms with E-state index in [0.29, 0.717) is 18.0 Å². The molecule has 0 atom stereocenters. The Balaban J connectivity index is 1.54. The van der Waals surface area contributed by atoms with Crippen molar-refractivity contribution in [2.75, 3.05) is 12.8 Å². The Morgan fingerprint density at radius 3 is 2.86 bits per heavy atom. The van der Waals surface area contributed by atoms with Gasteiger partial charge in [-0.2, -0.15) is 0 Å². The van der Waals surface area contributed by atoms with Crippen LogP contribution in [0.2, 0.25) is 0 Å². The number of hydrogen-bond acceptors (Lipinski definition) is 7. The zero-order valence-electron chi connectivity index (χ0n) is 16.2. The molecule has 0 fully saturated rings. The predicted molar refractivity (Wildman–Crippen MR) is 106 cm³/mol. The standard InChI is InChI=1S/C18H24N8OS/c1-13(2)11-25-16(21-22-18(25)28-3)8-5-9-19-17(27)14-6-4-7-15(10-14)26-12-20-23-24-26/h4,6-7,10,12-13H,5,8-9,11H2,1-3H3,(H,19,27). The highest BCUT2D eigenvalue weighted by Gasteiger charge is 2.13. The number of carbonyl (C=O) groups excluding carboxylic acids is 1.